The minimum atomic E-state index is -0.301. The van der Waals surface area contributed by atoms with Crippen molar-refractivity contribution < 1.29 is 14.3 Å². The van der Waals surface area contributed by atoms with E-state index in [0.29, 0.717) is 22.8 Å². The zero-order chi connectivity index (χ0) is 19.4. The normalized spacial score (nSPS) is 10.4. The number of benzene rings is 2. The first-order chi connectivity index (χ1) is 13.0. The number of nitrogens with one attached hydrogen (secondary N) is 1. The highest BCUT2D eigenvalue weighted by molar-refractivity contribution is 9.10. The molecule has 3 rings (SSSR count). The van der Waals surface area contributed by atoms with Gasteiger partial charge in [-0.05, 0) is 48.9 Å². The number of methoxy groups -OCH3 is 2. The van der Waals surface area contributed by atoms with Crippen LogP contribution in [0.25, 0.3) is 11.3 Å². The molecule has 138 valence electrons. The zero-order valence-electron chi connectivity index (χ0n) is 15.1. The van der Waals surface area contributed by atoms with Crippen molar-refractivity contribution in [3.63, 3.8) is 0 Å². The molecule has 0 unspecified atom stereocenters. The fraction of sp³-hybridized carbons (Fsp3) is 0.150. The summed E-state index contributed by atoms with van der Waals surface area (Å²) < 4.78 is 11.3. The number of ether oxygens (including phenoxy) is 2. The van der Waals surface area contributed by atoms with Crippen LogP contribution in [0, 0.1) is 6.92 Å². The van der Waals surface area contributed by atoms with E-state index in [1.807, 2.05) is 37.3 Å². The summed E-state index contributed by atoms with van der Waals surface area (Å²) in [6.07, 6.45) is 1.42. The highest BCUT2D eigenvalue weighted by Gasteiger charge is 2.18. The fourth-order valence-corrected chi connectivity index (χ4v) is 2.97. The van der Waals surface area contributed by atoms with E-state index in [-0.39, 0.29) is 5.91 Å². The van der Waals surface area contributed by atoms with E-state index in [1.165, 1.54) is 13.4 Å². The van der Waals surface area contributed by atoms with Crippen LogP contribution in [-0.4, -0.2) is 30.1 Å². The largest absolute Gasteiger partial charge is 0.497 e. The van der Waals surface area contributed by atoms with Crippen LogP contribution in [0.2, 0.25) is 0 Å². The van der Waals surface area contributed by atoms with E-state index in [2.05, 4.69) is 31.2 Å². The highest BCUT2D eigenvalue weighted by Crippen LogP contribution is 2.29. The Morgan fingerprint density at radius 2 is 1.78 bits per heavy atom. The summed E-state index contributed by atoms with van der Waals surface area (Å²) in [7, 11) is 3.15. The lowest BCUT2D eigenvalue weighted by atomic mass is 10.1. The lowest BCUT2D eigenvalue weighted by Gasteiger charge is -2.13. The Morgan fingerprint density at radius 3 is 2.44 bits per heavy atom. The third-order valence-corrected chi connectivity index (χ3v) is 4.96. The number of hydrogen-bond acceptors (Lipinski definition) is 5. The van der Waals surface area contributed by atoms with E-state index < -0.39 is 0 Å². The Bertz CT molecular complexity index is 975. The smallest absolute Gasteiger partial charge is 0.260 e. The molecule has 7 heteroatoms. The molecule has 0 saturated carbocycles. The minimum absolute atomic E-state index is 0.301. The average molecular weight is 428 g/mol. The number of carbonyl (C=O) groups excluding carboxylic acids is 1. The van der Waals surface area contributed by atoms with Crippen molar-refractivity contribution in [2.24, 2.45) is 0 Å². The quantitative estimate of drug-likeness (QED) is 0.649. The third kappa shape index (κ3) is 4.09. The van der Waals surface area contributed by atoms with Gasteiger partial charge in [-0.25, -0.2) is 9.97 Å². The van der Waals surface area contributed by atoms with Crippen molar-refractivity contribution in [2.75, 3.05) is 19.5 Å². The van der Waals surface area contributed by atoms with Gasteiger partial charge in [0.1, 0.15) is 23.6 Å². The molecule has 0 radical (unpaired) electrons. The van der Waals surface area contributed by atoms with Gasteiger partial charge in [0.15, 0.2) is 0 Å². The monoisotopic (exact) mass is 427 g/mol. The molecular weight excluding hydrogens is 410 g/mol. The first kappa shape index (κ1) is 18.8. The van der Waals surface area contributed by atoms with Gasteiger partial charge in [0.25, 0.3) is 5.91 Å². The molecular formula is C20H18BrN3O3. The number of nitrogens with zero attached hydrogens (tertiary/aromatic N) is 2. The molecule has 0 saturated heterocycles. The predicted molar refractivity (Wildman–Crippen MR) is 107 cm³/mol. The van der Waals surface area contributed by atoms with E-state index in [4.69, 9.17) is 9.47 Å². The molecule has 1 heterocycles. The summed E-state index contributed by atoms with van der Waals surface area (Å²) in [6.45, 7) is 1.85. The molecule has 0 aliphatic carbocycles. The van der Waals surface area contributed by atoms with E-state index in [0.717, 1.165) is 21.3 Å². The molecule has 3 aromatic rings. The van der Waals surface area contributed by atoms with Gasteiger partial charge < -0.3 is 14.8 Å². The molecule has 1 amide bonds. The number of amides is 1. The van der Waals surface area contributed by atoms with Crippen LogP contribution in [0.3, 0.4) is 0 Å². The number of hydrogen-bond donors (Lipinski definition) is 1. The molecule has 27 heavy (non-hydrogen) atoms. The van der Waals surface area contributed by atoms with Crippen molar-refractivity contribution >= 4 is 27.7 Å². The number of carbonyl (C=O) groups is 1. The Morgan fingerprint density at radius 1 is 1.04 bits per heavy atom. The Kier molecular flexibility index (Phi) is 5.71. The first-order valence-corrected chi connectivity index (χ1v) is 8.93. The number of halogens is 1. The summed E-state index contributed by atoms with van der Waals surface area (Å²) in [6, 6.07) is 12.8. The van der Waals surface area contributed by atoms with Crippen LogP contribution in [-0.2, 0) is 0 Å². The predicted octanol–water partition coefficient (Wildman–Crippen LogP) is 4.48. The van der Waals surface area contributed by atoms with Crippen LogP contribution in [0.4, 0.5) is 5.82 Å². The average Bonchev–Trinajstić information content (AvgIpc) is 2.70. The molecule has 1 aromatic heterocycles. The van der Waals surface area contributed by atoms with E-state index in [1.54, 1.807) is 19.2 Å². The highest BCUT2D eigenvalue weighted by atomic mass is 79.9. The van der Waals surface area contributed by atoms with E-state index in [9.17, 15) is 4.79 Å². The van der Waals surface area contributed by atoms with Crippen LogP contribution < -0.4 is 14.8 Å². The van der Waals surface area contributed by atoms with Crippen LogP contribution in [0.1, 0.15) is 15.9 Å². The number of rotatable bonds is 5. The Hall–Kier alpha value is -2.93. The van der Waals surface area contributed by atoms with Crippen LogP contribution in [0.15, 0.2) is 53.3 Å². The standard InChI is InChI=1S/C20H18BrN3O3/c1-12-15(21)8-9-17(27-3)19(12)20(25)24-18-10-16(22-11-23-18)13-4-6-14(26-2)7-5-13/h4-11H,1-3H3,(H,22,23,24,25). The number of anilines is 1. The van der Waals surface area contributed by atoms with Crippen molar-refractivity contribution in [2.45, 2.75) is 6.92 Å². The van der Waals surface area contributed by atoms with Crippen molar-refractivity contribution in [3.05, 3.63) is 64.4 Å². The van der Waals surface area contributed by atoms with Gasteiger partial charge in [0, 0.05) is 16.1 Å². The van der Waals surface area contributed by atoms with Gasteiger partial charge in [-0.1, -0.05) is 15.9 Å². The molecule has 6 nitrogen and oxygen atoms in total. The maximum absolute atomic E-state index is 12.8. The van der Waals surface area contributed by atoms with Gasteiger partial charge in [-0.2, -0.15) is 0 Å². The maximum atomic E-state index is 12.8. The van der Waals surface area contributed by atoms with Gasteiger partial charge in [0.2, 0.25) is 0 Å². The van der Waals surface area contributed by atoms with E-state index >= 15 is 0 Å². The molecule has 0 atom stereocenters. The lowest BCUT2D eigenvalue weighted by Crippen LogP contribution is -2.16. The second-order valence-corrected chi connectivity index (χ2v) is 6.58. The van der Waals surface area contributed by atoms with Gasteiger partial charge in [-0.15, -0.1) is 0 Å². The molecule has 0 fully saturated rings. The molecule has 1 N–H and O–H groups in total. The van der Waals surface area contributed by atoms with Crippen LogP contribution in [0.5, 0.6) is 11.5 Å². The molecule has 0 bridgehead atoms. The van der Waals surface area contributed by atoms with Crippen molar-refractivity contribution in [1.29, 1.82) is 0 Å². The minimum Gasteiger partial charge on any atom is -0.497 e. The molecule has 0 spiro atoms. The molecule has 0 aliphatic rings. The number of aromatic nitrogens is 2. The van der Waals surface area contributed by atoms with Crippen molar-refractivity contribution in [1.82, 2.24) is 9.97 Å². The second-order valence-electron chi connectivity index (χ2n) is 5.72. The summed E-state index contributed by atoms with van der Waals surface area (Å²) in [5, 5.41) is 2.82. The molecule has 2 aromatic carbocycles. The first-order valence-electron chi connectivity index (χ1n) is 8.14. The maximum Gasteiger partial charge on any atom is 0.260 e. The SMILES string of the molecule is COc1ccc(-c2cc(NC(=O)c3c(OC)ccc(Br)c3C)ncn2)cc1. The topological polar surface area (TPSA) is 73.3 Å². The summed E-state index contributed by atoms with van der Waals surface area (Å²) in [5.41, 5.74) is 2.83. The summed E-state index contributed by atoms with van der Waals surface area (Å²) in [5.74, 6) is 1.36. The second kappa shape index (κ2) is 8.18. The Balaban J connectivity index is 1.88. The Labute approximate surface area is 165 Å². The third-order valence-electron chi connectivity index (χ3n) is 4.10. The van der Waals surface area contributed by atoms with Crippen LogP contribution >= 0.6 is 15.9 Å². The van der Waals surface area contributed by atoms with Crippen molar-refractivity contribution in [3.8, 4) is 22.8 Å². The van der Waals surface area contributed by atoms with Gasteiger partial charge >= 0.3 is 0 Å². The fourth-order valence-electron chi connectivity index (χ4n) is 2.64. The summed E-state index contributed by atoms with van der Waals surface area (Å²) in [4.78, 5) is 21.2. The lowest BCUT2D eigenvalue weighted by molar-refractivity contribution is 0.102. The molecule has 0 aliphatic heterocycles. The van der Waals surface area contributed by atoms with Gasteiger partial charge in [0.05, 0.1) is 25.5 Å². The van der Waals surface area contributed by atoms with Gasteiger partial charge in [-0.3, -0.25) is 4.79 Å². The zero-order valence-corrected chi connectivity index (χ0v) is 16.7. The summed E-state index contributed by atoms with van der Waals surface area (Å²) >= 11 is 3.45.